The lowest BCUT2D eigenvalue weighted by Crippen LogP contribution is -2.27. The molecular formula is C16H35NO3S. The second-order valence-electron chi connectivity index (χ2n) is 5.71. The van der Waals surface area contributed by atoms with Gasteiger partial charge in [-0.3, -0.25) is 4.18 Å². The van der Waals surface area contributed by atoms with E-state index in [0.29, 0.717) is 13.2 Å². The van der Waals surface area contributed by atoms with Crippen molar-refractivity contribution in [2.24, 2.45) is 0 Å². The molecule has 5 heteroatoms. The van der Waals surface area contributed by atoms with Crippen molar-refractivity contribution in [1.82, 2.24) is 4.72 Å². The molecule has 0 atom stereocenters. The van der Waals surface area contributed by atoms with E-state index < -0.39 is 10.3 Å². The van der Waals surface area contributed by atoms with Gasteiger partial charge in [-0.2, -0.15) is 13.1 Å². The van der Waals surface area contributed by atoms with Crippen molar-refractivity contribution in [2.45, 2.75) is 90.9 Å². The number of hydrogen-bond acceptors (Lipinski definition) is 3. The lowest BCUT2D eigenvalue weighted by atomic mass is 10.1. The third-order valence-corrected chi connectivity index (χ3v) is 4.58. The highest BCUT2D eigenvalue weighted by Gasteiger charge is 2.08. The molecule has 0 aromatic carbocycles. The van der Waals surface area contributed by atoms with Crippen LogP contribution in [0.3, 0.4) is 0 Å². The average molecular weight is 322 g/mol. The molecule has 0 saturated heterocycles. The fourth-order valence-electron chi connectivity index (χ4n) is 2.20. The summed E-state index contributed by atoms with van der Waals surface area (Å²) in [4.78, 5) is 0. The molecule has 0 heterocycles. The zero-order valence-corrected chi connectivity index (χ0v) is 14.8. The minimum Gasteiger partial charge on any atom is -0.258 e. The Balaban J connectivity index is 3.39. The summed E-state index contributed by atoms with van der Waals surface area (Å²) in [5.41, 5.74) is 0. The fraction of sp³-hybridized carbons (Fsp3) is 1.00. The van der Waals surface area contributed by atoms with E-state index in [1.807, 2.05) is 0 Å². The molecule has 0 spiro atoms. The van der Waals surface area contributed by atoms with Crippen LogP contribution in [0.1, 0.15) is 90.9 Å². The molecule has 128 valence electrons. The highest BCUT2D eigenvalue weighted by atomic mass is 32.2. The van der Waals surface area contributed by atoms with E-state index >= 15 is 0 Å². The largest absolute Gasteiger partial charge is 0.335 e. The predicted molar refractivity (Wildman–Crippen MR) is 89.6 cm³/mol. The summed E-state index contributed by atoms with van der Waals surface area (Å²) in [7, 11) is -3.53. The number of nitrogens with one attached hydrogen (secondary N) is 1. The molecule has 0 rings (SSSR count). The minimum absolute atomic E-state index is 0.304. The SMILES string of the molecule is CCCCCCCCNS(=O)(=O)OCCCCCCCC. The van der Waals surface area contributed by atoms with Crippen LogP contribution in [0.2, 0.25) is 0 Å². The summed E-state index contributed by atoms with van der Waals surface area (Å²) in [6, 6.07) is 0. The summed E-state index contributed by atoms with van der Waals surface area (Å²) >= 11 is 0. The van der Waals surface area contributed by atoms with Crippen molar-refractivity contribution >= 4 is 10.3 Å². The first-order valence-electron chi connectivity index (χ1n) is 8.76. The topological polar surface area (TPSA) is 55.4 Å². The molecule has 0 aliphatic rings. The van der Waals surface area contributed by atoms with Crippen LogP contribution in [0.15, 0.2) is 0 Å². The van der Waals surface area contributed by atoms with Gasteiger partial charge in [0.05, 0.1) is 6.61 Å². The van der Waals surface area contributed by atoms with Gasteiger partial charge in [0, 0.05) is 6.54 Å². The normalized spacial score (nSPS) is 11.9. The number of rotatable bonds is 16. The van der Waals surface area contributed by atoms with Gasteiger partial charge in [0.1, 0.15) is 0 Å². The maximum Gasteiger partial charge on any atom is 0.335 e. The van der Waals surface area contributed by atoms with Crippen LogP contribution in [0, 0.1) is 0 Å². The molecule has 0 amide bonds. The lowest BCUT2D eigenvalue weighted by molar-refractivity contribution is 0.299. The Morgan fingerprint density at radius 2 is 1.19 bits per heavy atom. The fourth-order valence-corrected chi connectivity index (χ4v) is 3.01. The predicted octanol–water partition coefficient (Wildman–Crippen LogP) is 4.56. The maximum atomic E-state index is 11.6. The third kappa shape index (κ3) is 16.1. The average Bonchev–Trinajstić information content (AvgIpc) is 2.45. The van der Waals surface area contributed by atoms with Gasteiger partial charge < -0.3 is 0 Å². The molecule has 0 unspecified atom stereocenters. The first-order chi connectivity index (χ1) is 10.1. The van der Waals surface area contributed by atoms with Crippen LogP contribution in [-0.4, -0.2) is 21.6 Å². The zero-order valence-electron chi connectivity index (χ0n) is 14.0. The summed E-state index contributed by atoms with van der Waals surface area (Å²) in [6.45, 7) is 5.17. The van der Waals surface area contributed by atoms with Gasteiger partial charge in [-0.1, -0.05) is 78.1 Å². The van der Waals surface area contributed by atoms with E-state index in [9.17, 15) is 8.42 Å². The smallest absolute Gasteiger partial charge is 0.258 e. The van der Waals surface area contributed by atoms with Gasteiger partial charge in [0.15, 0.2) is 0 Å². The van der Waals surface area contributed by atoms with Crippen molar-refractivity contribution < 1.29 is 12.6 Å². The Labute approximate surface area is 132 Å². The first-order valence-corrected chi connectivity index (χ1v) is 10.2. The van der Waals surface area contributed by atoms with Crippen LogP contribution in [0.25, 0.3) is 0 Å². The molecule has 0 fully saturated rings. The quantitative estimate of drug-likeness (QED) is 0.424. The van der Waals surface area contributed by atoms with Gasteiger partial charge in [0.2, 0.25) is 0 Å². The Bertz CT molecular complexity index is 281. The van der Waals surface area contributed by atoms with Crippen LogP contribution in [0.5, 0.6) is 0 Å². The van der Waals surface area contributed by atoms with Crippen molar-refractivity contribution in [1.29, 1.82) is 0 Å². The van der Waals surface area contributed by atoms with Crippen molar-refractivity contribution in [2.75, 3.05) is 13.2 Å². The number of unbranched alkanes of at least 4 members (excludes halogenated alkanes) is 10. The molecule has 0 aromatic heterocycles. The van der Waals surface area contributed by atoms with Gasteiger partial charge in [-0.15, -0.1) is 0 Å². The summed E-state index contributed by atoms with van der Waals surface area (Å²) in [5.74, 6) is 0. The maximum absolute atomic E-state index is 11.6. The molecule has 4 nitrogen and oxygen atoms in total. The Morgan fingerprint density at radius 3 is 1.76 bits per heavy atom. The summed E-state index contributed by atoms with van der Waals surface area (Å²) in [6.07, 6.45) is 13.7. The monoisotopic (exact) mass is 321 g/mol. The Hall–Kier alpha value is -0.130. The van der Waals surface area contributed by atoms with Crippen molar-refractivity contribution in [3.63, 3.8) is 0 Å². The lowest BCUT2D eigenvalue weighted by Gasteiger charge is -2.07. The highest BCUT2D eigenvalue weighted by molar-refractivity contribution is 7.84. The van der Waals surface area contributed by atoms with Gasteiger partial charge in [-0.05, 0) is 12.8 Å². The van der Waals surface area contributed by atoms with Gasteiger partial charge in [-0.25, -0.2) is 0 Å². The van der Waals surface area contributed by atoms with E-state index in [0.717, 1.165) is 25.7 Å². The van der Waals surface area contributed by atoms with Crippen LogP contribution in [0.4, 0.5) is 0 Å². The van der Waals surface area contributed by atoms with E-state index in [-0.39, 0.29) is 0 Å². The van der Waals surface area contributed by atoms with Crippen LogP contribution < -0.4 is 4.72 Å². The molecular weight excluding hydrogens is 286 g/mol. The molecule has 21 heavy (non-hydrogen) atoms. The second-order valence-corrected chi connectivity index (χ2v) is 7.14. The molecule has 0 bridgehead atoms. The number of hydrogen-bond donors (Lipinski definition) is 1. The van der Waals surface area contributed by atoms with E-state index in [2.05, 4.69) is 18.6 Å². The Morgan fingerprint density at radius 1 is 0.714 bits per heavy atom. The molecule has 0 saturated carbocycles. The Kier molecular flexibility index (Phi) is 14.7. The molecule has 0 radical (unpaired) electrons. The van der Waals surface area contributed by atoms with Gasteiger partial charge >= 0.3 is 10.3 Å². The molecule has 0 aliphatic heterocycles. The molecule has 0 aromatic rings. The zero-order chi connectivity index (χ0) is 15.8. The minimum atomic E-state index is -3.53. The molecule has 1 N–H and O–H groups in total. The third-order valence-electron chi connectivity index (χ3n) is 3.55. The van der Waals surface area contributed by atoms with E-state index in [1.165, 1.54) is 51.4 Å². The first kappa shape index (κ1) is 20.9. The second kappa shape index (κ2) is 14.8. The summed E-state index contributed by atoms with van der Waals surface area (Å²) in [5, 5.41) is 0. The van der Waals surface area contributed by atoms with E-state index in [1.54, 1.807) is 0 Å². The molecule has 0 aliphatic carbocycles. The van der Waals surface area contributed by atoms with Crippen LogP contribution >= 0.6 is 0 Å². The van der Waals surface area contributed by atoms with Crippen molar-refractivity contribution in [3.8, 4) is 0 Å². The van der Waals surface area contributed by atoms with Gasteiger partial charge in [0.25, 0.3) is 0 Å². The van der Waals surface area contributed by atoms with Crippen LogP contribution in [-0.2, 0) is 14.5 Å². The van der Waals surface area contributed by atoms with Crippen molar-refractivity contribution in [3.05, 3.63) is 0 Å². The standard InChI is InChI=1S/C16H35NO3S/c1-3-5-7-9-11-13-15-17-21(18,19)20-16-14-12-10-8-6-4-2/h17H,3-16H2,1-2H3. The highest BCUT2D eigenvalue weighted by Crippen LogP contribution is 2.06. The van der Waals surface area contributed by atoms with E-state index in [4.69, 9.17) is 4.18 Å². The summed E-state index contributed by atoms with van der Waals surface area (Å²) < 4.78 is 30.6.